The number of esters is 1. The van der Waals surface area contributed by atoms with Crippen LogP contribution in [0.5, 0.6) is 0 Å². The highest BCUT2D eigenvalue weighted by Crippen LogP contribution is 2.40. The Morgan fingerprint density at radius 3 is 2.61 bits per heavy atom. The maximum atomic E-state index is 11.4. The molecule has 0 aromatic carbocycles. The lowest BCUT2D eigenvalue weighted by molar-refractivity contribution is -0.151. The summed E-state index contributed by atoms with van der Waals surface area (Å²) in [5.41, 5.74) is 2.76. The second-order valence-corrected chi connectivity index (χ2v) is 5.46. The van der Waals surface area contributed by atoms with Crippen molar-refractivity contribution < 1.29 is 14.3 Å². The molecule has 0 spiro atoms. The van der Waals surface area contributed by atoms with Crippen molar-refractivity contribution in [2.45, 2.75) is 58.8 Å². The van der Waals surface area contributed by atoms with Gasteiger partial charge in [0.1, 0.15) is 6.10 Å². The molecule has 2 aliphatic heterocycles. The van der Waals surface area contributed by atoms with Crippen molar-refractivity contribution in [3.63, 3.8) is 0 Å². The number of allylic oxidation sites excluding steroid dienone is 4. The molecule has 0 N–H and O–H groups in total. The largest absolute Gasteiger partial charge is 0.433 e. The van der Waals surface area contributed by atoms with Gasteiger partial charge in [-0.15, -0.1) is 0 Å². The van der Waals surface area contributed by atoms with Crippen molar-refractivity contribution in [3.05, 3.63) is 23.3 Å². The summed E-state index contributed by atoms with van der Waals surface area (Å²) in [5.74, 6) is -0.108. The standard InChI is InChI=1S/C15H22O3/c1-10(2)6-4-7-11(3)8-5-9-12-13-15(17-13)18-14(12)16/h6,8,12-13,15H,4-5,7,9H2,1-3H3. The third-order valence-corrected chi connectivity index (χ3v) is 3.48. The van der Waals surface area contributed by atoms with Gasteiger partial charge >= 0.3 is 5.97 Å². The van der Waals surface area contributed by atoms with E-state index in [1.807, 2.05) is 0 Å². The van der Waals surface area contributed by atoms with Gasteiger partial charge < -0.3 is 9.47 Å². The Labute approximate surface area is 109 Å². The first kappa shape index (κ1) is 13.3. The Balaban J connectivity index is 1.67. The summed E-state index contributed by atoms with van der Waals surface area (Å²) in [4.78, 5) is 11.4. The van der Waals surface area contributed by atoms with E-state index in [1.165, 1.54) is 11.1 Å². The number of carbonyl (C=O) groups is 1. The van der Waals surface area contributed by atoms with Crippen molar-refractivity contribution in [1.29, 1.82) is 0 Å². The van der Waals surface area contributed by atoms with E-state index in [9.17, 15) is 4.79 Å². The molecule has 100 valence electrons. The van der Waals surface area contributed by atoms with E-state index in [0.29, 0.717) is 0 Å². The second kappa shape index (κ2) is 5.70. The van der Waals surface area contributed by atoms with E-state index in [2.05, 4.69) is 32.9 Å². The number of hydrogen-bond acceptors (Lipinski definition) is 3. The molecule has 2 aliphatic rings. The van der Waals surface area contributed by atoms with Crippen molar-refractivity contribution >= 4 is 5.97 Å². The van der Waals surface area contributed by atoms with Gasteiger partial charge in [0.25, 0.3) is 0 Å². The van der Waals surface area contributed by atoms with E-state index in [0.717, 1.165) is 25.7 Å². The maximum Gasteiger partial charge on any atom is 0.314 e. The van der Waals surface area contributed by atoms with E-state index in [-0.39, 0.29) is 24.3 Å². The van der Waals surface area contributed by atoms with Crippen LogP contribution in [0.4, 0.5) is 0 Å². The quantitative estimate of drug-likeness (QED) is 0.412. The Morgan fingerprint density at radius 1 is 1.22 bits per heavy atom. The van der Waals surface area contributed by atoms with Crippen molar-refractivity contribution in [3.8, 4) is 0 Å². The first-order valence-electron chi connectivity index (χ1n) is 6.73. The third-order valence-electron chi connectivity index (χ3n) is 3.48. The molecule has 3 heteroatoms. The highest BCUT2D eigenvalue weighted by Gasteiger charge is 2.57. The molecule has 0 aromatic heterocycles. The van der Waals surface area contributed by atoms with Gasteiger partial charge in [-0.3, -0.25) is 4.79 Å². The highest BCUT2D eigenvalue weighted by molar-refractivity contribution is 5.76. The minimum atomic E-state index is -0.217. The van der Waals surface area contributed by atoms with Crippen molar-refractivity contribution in [1.82, 2.24) is 0 Å². The summed E-state index contributed by atoms with van der Waals surface area (Å²) < 4.78 is 10.2. The molecule has 3 nitrogen and oxygen atoms in total. The van der Waals surface area contributed by atoms with Crippen LogP contribution in [0.1, 0.15) is 46.5 Å². The van der Waals surface area contributed by atoms with Crippen LogP contribution in [0.2, 0.25) is 0 Å². The fraction of sp³-hybridized carbons (Fsp3) is 0.667. The van der Waals surface area contributed by atoms with Gasteiger partial charge in [-0.25, -0.2) is 0 Å². The Hall–Kier alpha value is -1.09. The zero-order valence-corrected chi connectivity index (χ0v) is 11.4. The van der Waals surface area contributed by atoms with Crippen LogP contribution in [-0.2, 0) is 14.3 Å². The fourth-order valence-corrected chi connectivity index (χ4v) is 2.31. The summed E-state index contributed by atoms with van der Waals surface area (Å²) in [7, 11) is 0. The SMILES string of the molecule is CC(C)=CCCC(C)=CCCC1C(=O)OC2OC21. The zero-order chi connectivity index (χ0) is 13.1. The molecule has 0 radical (unpaired) electrons. The van der Waals surface area contributed by atoms with Crippen molar-refractivity contribution in [2.24, 2.45) is 5.92 Å². The second-order valence-electron chi connectivity index (χ2n) is 5.46. The number of hydrogen-bond donors (Lipinski definition) is 0. The van der Waals surface area contributed by atoms with E-state index < -0.39 is 0 Å². The number of epoxide rings is 1. The minimum Gasteiger partial charge on any atom is -0.433 e. The predicted octanol–water partition coefficient (Wildman–Crippen LogP) is 3.36. The third kappa shape index (κ3) is 3.45. The number of ether oxygens (including phenoxy) is 2. The average Bonchev–Trinajstić information content (AvgIpc) is 2.96. The lowest BCUT2D eigenvalue weighted by atomic mass is 10.00. The van der Waals surface area contributed by atoms with Gasteiger partial charge in [0.15, 0.2) is 0 Å². The molecule has 0 aliphatic carbocycles. The Morgan fingerprint density at radius 2 is 2.00 bits per heavy atom. The lowest BCUT2D eigenvalue weighted by Gasteiger charge is -2.06. The first-order chi connectivity index (χ1) is 8.58. The Kier molecular flexibility index (Phi) is 4.23. The summed E-state index contributed by atoms with van der Waals surface area (Å²) in [6.07, 6.45) is 8.32. The van der Waals surface area contributed by atoms with Crippen LogP contribution >= 0.6 is 0 Å². The minimum absolute atomic E-state index is 0.0307. The van der Waals surface area contributed by atoms with Gasteiger partial charge in [0, 0.05) is 0 Å². The molecule has 2 rings (SSSR count). The molecule has 2 saturated heterocycles. The average molecular weight is 250 g/mol. The summed E-state index contributed by atoms with van der Waals surface area (Å²) >= 11 is 0. The molecule has 0 aromatic rings. The summed E-state index contributed by atoms with van der Waals surface area (Å²) in [5, 5.41) is 0. The van der Waals surface area contributed by atoms with Gasteiger partial charge in [0.05, 0.1) is 5.92 Å². The van der Waals surface area contributed by atoms with Gasteiger partial charge in [0.2, 0.25) is 6.29 Å². The molecule has 0 saturated carbocycles. The first-order valence-corrected chi connectivity index (χ1v) is 6.73. The van der Waals surface area contributed by atoms with Crippen LogP contribution in [0.25, 0.3) is 0 Å². The molecule has 0 amide bonds. The molecule has 2 heterocycles. The van der Waals surface area contributed by atoms with Crippen molar-refractivity contribution in [2.75, 3.05) is 0 Å². The van der Waals surface area contributed by atoms with E-state index in [4.69, 9.17) is 9.47 Å². The zero-order valence-electron chi connectivity index (χ0n) is 11.4. The molecule has 18 heavy (non-hydrogen) atoms. The Bertz CT molecular complexity index is 377. The molecule has 2 fully saturated rings. The molecular weight excluding hydrogens is 228 g/mol. The fourth-order valence-electron chi connectivity index (χ4n) is 2.31. The number of rotatable bonds is 6. The van der Waals surface area contributed by atoms with E-state index >= 15 is 0 Å². The smallest absolute Gasteiger partial charge is 0.314 e. The normalized spacial score (nSPS) is 29.8. The van der Waals surface area contributed by atoms with Gasteiger partial charge in [-0.05, 0) is 46.5 Å². The molecule has 0 bridgehead atoms. The van der Waals surface area contributed by atoms with Crippen LogP contribution in [0.3, 0.4) is 0 Å². The predicted molar refractivity (Wildman–Crippen MR) is 69.9 cm³/mol. The van der Waals surface area contributed by atoms with Crippen LogP contribution in [0.15, 0.2) is 23.3 Å². The maximum absolute atomic E-state index is 11.4. The van der Waals surface area contributed by atoms with Crippen LogP contribution in [-0.4, -0.2) is 18.4 Å². The number of fused-ring (bicyclic) bond motifs is 1. The summed E-state index contributed by atoms with van der Waals surface area (Å²) in [6.45, 7) is 6.40. The van der Waals surface area contributed by atoms with E-state index in [1.54, 1.807) is 0 Å². The number of carbonyl (C=O) groups excluding carboxylic acids is 1. The summed E-state index contributed by atoms with van der Waals surface area (Å²) in [6, 6.07) is 0. The topological polar surface area (TPSA) is 38.8 Å². The van der Waals surface area contributed by atoms with Crippen LogP contribution < -0.4 is 0 Å². The van der Waals surface area contributed by atoms with Crippen LogP contribution in [0, 0.1) is 5.92 Å². The van der Waals surface area contributed by atoms with Gasteiger partial charge in [-0.1, -0.05) is 23.3 Å². The molecule has 3 atom stereocenters. The molecule has 3 unspecified atom stereocenters. The monoisotopic (exact) mass is 250 g/mol. The highest BCUT2D eigenvalue weighted by atomic mass is 16.8. The molecular formula is C15H22O3. The van der Waals surface area contributed by atoms with Gasteiger partial charge in [-0.2, -0.15) is 0 Å². The lowest BCUT2D eigenvalue weighted by Crippen LogP contribution is -2.15.